The number of halogens is 2. The molecule has 220 valence electrons. The van der Waals surface area contributed by atoms with Crippen LogP contribution in [0.4, 0.5) is 0 Å². The number of rotatable bonds is 9. The van der Waals surface area contributed by atoms with Gasteiger partial charge in [-0.25, -0.2) is 19.0 Å². The van der Waals surface area contributed by atoms with Crippen molar-refractivity contribution in [2.75, 3.05) is 13.2 Å². The third-order valence-corrected chi connectivity index (χ3v) is 7.25. The van der Waals surface area contributed by atoms with Crippen molar-refractivity contribution >= 4 is 35.1 Å². The Morgan fingerprint density at radius 1 is 0.721 bits per heavy atom. The lowest BCUT2D eigenvalue weighted by molar-refractivity contribution is 0.0510. The molecule has 0 radical (unpaired) electrons. The zero-order valence-corrected chi connectivity index (χ0v) is 24.6. The highest BCUT2D eigenvalue weighted by molar-refractivity contribution is 6.35. The van der Waals surface area contributed by atoms with Gasteiger partial charge in [-0.15, -0.1) is 0 Å². The maximum atomic E-state index is 14.3. The van der Waals surface area contributed by atoms with Crippen LogP contribution in [0.3, 0.4) is 0 Å². The molecule has 0 bridgehead atoms. The normalized spacial score (nSPS) is 11.1. The van der Waals surface area contributed by atoms with E-state index in [1.54, 1.807) is 74.5 Å². The molecular weight excluding hydrogens is 595 g/mol. The molecule has 0 fully saturated rings. The van der Waals surface area contributed by atoms with Crippen LogP contribution in [0.2, 0.25) is 10.0 Å². The van der Waals surface area contributed by atoms with E-state index in [0.717, 1.165) is 0 Å². The minimum atomic E-state index is -1.34. The number of benzene rings is 3. The average Bonchev–Trinajstić information content (AvgIpc) is 3.53. The Morgan fingerprint density at radius 3 is 1.56 bits per heavy atom. The van der Waals surface area contributed by atoms with Crippen LogP contribution in [0.25, 0.3) is 11.4 Å². The van der Waals surface area contributed by atoms with E-state index in [0.29, 0.717) is 16.4 Å². The Morgan fingerprint density at radius 2 is 1.16 bits per heavy atom. The minimum Gasteiger partial charge on any atom is -0.461 e. The second-order valence-corrected chi connectivity index (χ2v) is 10.1. The zero-order chi connectivity index (χ0) is 30.7. The summed E-state index contributed by atoms with van der Waals surface area (Å²) in [5, 5.41) is 6.12. The summed E-state index contributed by atoms with van der Waals surface area (Å²) in [5.41, 5.74) is -0.976. The number of hydrogen-bond acceptors (Lipinski definition) is 6. The Kier molecular flexibility index (Phi) is 8.70. The van der Waals surface area contributed by atoms with E-state index in [4.69, 9.17) is 32.7 Å². The summed E-state index contributed by atoms with van der Waals surface area (Å²) in [6.07, 6.45) is 0. The predicted octanol–water partition coefficient (Wildman–Crippen LogP) is 5.49. The standard InChI is InChI=1S/C31H26Cl2N4O6/c1-3-42-30(40)26-24(28(38)36(34-26)19-11-7-5-8-12-19)23(21-16-15-18(32)17-22(21)33)25-27(31(41)43-4-2)35-37(29(25)39)20-13-9-6-10-14-20/h5-17,23,34-35H,3-4H2,1-2H3. The molecule has 0 saturated carbocycles. The van der Waals surface area contributed by atoms with Gasteiger partial charge in [-0.1, -0.05) is 65.7 Å². The number of aromatic amines is 2. The van der Waals surface area contributed by atoms with Gasteiger partial charge in [-0.3, -0.25) is 19.8 Å². The monoisotopic (exact) mass is 620 g/mol. The molecule has 2 N–H and O–H groups in total. The molecule has 0 atom stereocenters. The Labute approximate surface area is 255 Å². The molecule has 10 nitrogen and oxygen atoms in total. The van der Waals surface area contributed by atoms with Crippen LogP contribution in [0.1, 0.15) is 57.4 Å². The van der Waals surface area contributed by atoms with Gasteiger partial charge in [0.1, 0.15) is 0 Å². The summed E-state index contributed by atoms with van der Waals surface area (Å²) in [5.74, 6) is -3.02. The minimum absolute atomic E-state index is 0.0161. The quantitative estimate of drug-likeness (QED) is 0.210. The molecule has 0 spiro atoms. The van der Waals surface area contributed by atoms with Gasteiger partial charge >= 0.3 is 11.9 Å². The predicted molar refractivity (Wildman–Crippen MR) is 162 cm³/mol. The number of hydrogen-bond donors (Lipinski definition) is 2. The second-order valence-electron chi connectivity index (χ2n) is 9.29. The summed E-state index contributed by atoms with van der Waals surface area (Å²) in [4.78, 5) is 55.3. The van der Waals surface area contributed by atoms with E-state index < -0.39 is 29.0 Å². The third kappa shape index (κ3) is 5.67. The van der Waals surface area contributed by atoms with Crippen molar-refractivity contribution in [2.24, 2.45) is 0 Å². The van der Waals surface area contributed by atoms with Gasteiger partial charge in [-0.05, 0) is 55.8 Å². The maximum Gasteiger partial charge on any atom is 0.356 e. The molecule has 0 amide bonds. The molecule has 0 aliphatic carbocycles. The smallest absolute Gasteiger partial charge is 0.356 e. The van der Waals surface area contributed by atoms with Crippen molar-refractivity contribution in [3.05, 3.63) is 138 Å². The average molecular weight is 621 g/mol. The van der Waals surface area contributed by atoms with Crippen molar-refractivity contribution in [2.45, 2.75) is 19.8 Å². The second kappa shape index (κ2) is 12.6. The summed E-state index contributed by atoms with van der Waals surface area (Å²) >= 11 is 12.9. The topological polar surface area (TPSA) is 128 Å². The van der Waals surface area contributed by atoms with E-state index in [1.807, 2.05) is 0 Å². The molecule has 3 aromatic carbocycles. The number of carbonyl (C=O) groups excluding carboxylic acids is 2. The van der Waals surface area contributed by atoms with Crippen molar-refractivity contribution in [1.29, 1.82) is 0 Å². The molecule has 0 saturated heterocycles. The third-order valence-electron chi connectivity index (χ3n) is 6.69. The molecule has 2 heterocycles. The lowest BCUT2D eigenvalue weighted by Gasteiger charge is -2.18. The molecule has 43 heavy (non-hydrogen) atoms. The molecule has 5 aromatic rings. The first-order valence-corrected chi connectivity index (χ1v) is 14.1. The largest absolute Gasteiger partial charge is 0.461 e. The molecule has 0 unspecified atom stereocenters. The van der Waals surface area contributed by atoms with Gasteiger partial charge in [0.2, 0.25) is 0 Å². The highest BCUT2D eigenvalue weighted by Gasteiger charge is 2.38. The maximum absolute atomic E-state index is 14.3. The molecule has 5 rings (SSSR count). The van der Waals surface area contributed by atoms with Crippen LogP contribution in [0.5, 0.6) is 0 Å². The summed E-state index contributed by atoms with van der Waals surface area (Å²) in [6.45, 7) is 3.28. The number of ether oxygens (including phenoxy) is 2. The van der Waals surface area contributed by atoms with Crippen molar-refractivity contribution in [1.82, 2.24) is 19.6 Å². The van der Waals surface area contributed by atoms with E-state index >= 15 is 0 Å². The summed E-state index contributed by atoms with van der Waals surface area (Å²) in [7, 11) is 0. The summed E-state index contributed by atoms with van der Waals surface area (Å²) in [6, 6.07) is 21.7. The number of carbonyl (C=O) groups is 2. The highest BCUT2D eigenvalue weighted by atomic mass is 35.5. The first kappa shape index (κ1) is 29.7. The first-order valence-electron chi connectivity index (χ1n) is 13.4. The van der Waals surface area contributed by atoms with Crippen LogP contribution in [0, 0.1) is 0 Å². The molecule has 12 heteroatoms. The molecular formula is C31H26Cl2N4O6. The van der Waals surface area contributed by atoms with Gasteiger partial charge in [-0.2, -0.15) is 0 Å². The van der Waals surface area contributed by atoms with E-state index in [2.05, 4.69) is 10.2 Å². The Hall–Kier alpha value is -4.80. The fraction of sp³-hybridized carbons (Fsp3) is 0.161. The number of nitrogens with zero attached hydrogens (tertiary/aromatic N) is 2. The zero-order valence-electron chi connectivity index (χ0n) is 23.1. The first-order chi connectivity index (χ1) is 20.8. The number of aromatic nitrogens is 4. The van der Waals surface area contributed by atoms with E-state index in [9.17, 15) is 19.2 Å². The fourth-order valence-electron chi connectivity index (χ4n) is 4.86. The fourth-order valence-corrected chi connectivity index (χ4v) is 5.38. The highest BCUT2D eigenvalue weighted by Crippen LogP contribution is 2.38. The van der Waals surface area contributed by atoms with Crippen molar-refractivity contribution in [3.63, 3.8) is 0 Å². The number of para-hydroxylation sites is 2. The molecule has 0 aliphatic heterocycles. The van der Waals surface area contributed by atoms with Crippen LogP contribution in [-0.4, -0.2) is 44.7 Å². The lowest BCUT2D eigenvalue weighted by Crippen LogP contribution is -2.27. The van der Waals surface area contributed by atoms with Crippen molar-refractivity contribution in [3.8, 4) is 11.4 Å². The van der Waals surface area contributed by atoms with Crippen LogP contribution >= 0.6 is 23.2 Å². The number of H-pyrrole nitrogens is 2. The van der Waals surface area contributed by atoms with Crippen LogP contribution in [-0.2, 0) is 9.47 Å². The van der Waals surface area contributed by atoms with E-state index in [1.165, 1.54) is 27.6 Å². The van der Waals surface area contributed by atoms with Crippen LogP contribution < -0.4 is 11.1 Å². The van der Waals surface area contributed by atoms with Crippen molar-refractivity contribution < 1.29 is 19.1 Å². The van der Waals surface area contributed by atoms with Gasteiger partial charge in [0.15, 0.2) is 11.4 Å². The molecule has 2 aromatic heterocycles. The number of nitrogens with one attached hydrogen (secondary N) is 2. The van der Waals surface area contributed by atoms with Gasteiger partial charge in [0.25, 0.3) is 11.1 Å². The lowest BCUT2D eigenvalue weighted by atomic mass is 9.84. The van der Waals surface area contributed by atoms with Crippen LogP contribution in [0.15, 0.2) is 88.5 Å². The Bertz CT molecular complexity index is 1790. The summed E-state index contributed by atoms with van der Waals surface area (Å²) < 4.78 is 13.0. The van der Waals surface area contributed by atoms with Gasteiger partial charge in [0, 0.05) is 10.0 Å². The van der Waals surface area contributed by atoms with E-state index in [-0.39, 0.29) is 46.3 Å². The Balaban J connectivity index is 1.91. The number of esters is 2. The molecule has 0 aliphatic rings. The van der Waals surface area contributed by atoms with Gasteiger partial charge in [0.05, 0.1) is 41.6 Å². The van der Waals surface area contributed by atoms with Gasteiger partial charge < -0.3 is 9.47 Å². The SMILES string of the molecule is CCOC(=O)c1[nH]n(-c2ccccc2)c(=O)c1C(c1ccc(Cl)cc1Cl)c1c(C(=O)OCC)[nH]n(-c2ccccc2)c1=O.